The molecule has 0 aromatic heterocycles. The van der Waals surface area contributed by atoms with Crippen LogP contribution in [0.2, 0.25) is 0 Å². The summed E-state index contributed by atoms with van der Waals surface area (Å²) >= 11 is 0. The van der Waals surface area contributed by atoms with Gasteiger partial charge in [0.1, 0.15) is 0 Å². The highest BCUT2D eigenvalue weighted by Crippen LogP contribution is 2.13. The zero-order chi connectivity index (χ0) is 9.61. The maximum atomic E-state index is 5.64. The number of rotatable bonds is 6. The van der Waals surface area contributed by atoms with E-state index < -0.39 is 0 Å². The second kappa shape index (κ2) is 5.51. The van der Waals surface area contributed by atoms with Crippen LogP contribution in [0.5, 0.6) is 0 Å². The Hall–Kier alpha value is -0.120. The summed E-state index contributed by atoms with van der Waals surface area (Å²) in [6.45, 7) is 6.42. The van der Waals surface area contributed by atoms with Crippen LogP contribution < -0.4 is 5.73 Å². The Labute approximate surface area is 75.9 Å². The maximum absolute atomic E-state index is 5.64. The van der Waals surface area contributed by atoms with E-state index in [9.17, 15) is 0 Å². The van der Waals surface area contributed by atoms with Gasteiger partial charge in [0.25, 0.3) is 0 Å². The lowest BCUT2D eigenvalue weighted by molar-refractivity contribution is -0.0273. The third-order valence-corrected chi connectivity index (χ3v) is 2.01. The summed E-state index contributed by atoms with van der Waals surface area (Å²) in [6.07, 6.45) is 0.990. The van der Waals surface area contributed by atoms with Crippen LogP contribution >= 0.6 is 0 Å². The molecule has 0 fully saturated rings. The van der Waals surface area contributed by atoms with Crippen LogP contribution in [0.1, 0.15) is 20.3 Å². The molecule has 3 heteroatoms. The van der Waals surface area contributed by atoms with Crippen molar-refractivity contribution < 1.29 is 4.74 Å². The smallest absolute Gasteiger partial charge is 0.0788 e. The van der Waals surface area contributed by atoms with Crippen LogP contribution in [0.15, 0.2) is 0 Å². The highest BCUT2D eigenvalue weighted by molar-refractivity contribution is 4.76. The summed E-state index contributed by atoms with van der Waals surface area (Å²) in [7, 11) is 4.12. The monoisotopic (exact) mass is 174 g/mol. The number of hydrogen-bond acceptors (Lipinski definition) is 3. The SMILES string of the molecule is CCOC(C)(CN)CCN(C)C. The van der Waals surface area contributed by atoms with Crippen molar-refractivity contribution in [3.05, 3.63) is 0 Å². The van der Waals surface area contributed by atoms with Gasteiger partial charge in [-0.05, 0) is 34.4 Å². The van der Waals surface area contributed by atoms with Gasteiger partial charge in [-0.2, -0.15) is 0 Å². The van der Waals surface area contributed by atoms with Gasteiger partial charge in [0.15, 0.2) is 0 Å². The van der Waals surface area contributed by atoms with Gasteiger partial charge in [-0.15, -0.1) is 0 Å². The molecule has 0 aliphatic heterocycles. The number of nitrogens with zero attached hydrogens (tertiary/aromatic N) is 1. The van der Waals surface area contributed by atoms with Crippen LogP contribution in [-0.2, 0) is 4.74 Å². The molecule has 0 rings (SSSR count). The molecule has 1 atom stereocenters. The molecule has 0 bridgehead atoms. The Morgan fingerprint density at radius 1 is 1.42 bits per heavy atom. The maximum Gasteiger partial charge on any atom is 0.0788 e. The molecule has 0 radical (unpaired) electrons. The second-order valence-electron chi connectivity index (χ2n) is 3.64. The molecule has 0 spiro atoms. The predicted octanol–water partition coefficient (Wildman–Crippen LogP) is 0.692. The van der Waals surface area contributed by atoms with Crippen molar-refractivity contribution in [2.45, 2.75) is 25.9 Å². The molecule has 2 N–H and O–H groups in total. The quantitative estimate of drug-likeness (QED) is 0.644. The molecule has 3 nitrogen and oxygen atoms in total. The molecule has 0 aromatic carbocycles. The standard InChI is InChI=1S/C9H22N2O/c1-5-12-9(2,8-10)6-7-11(3)4/h5-8,10H2,1-4H3. The molecule has 0 saturated carbocycles. The van der Waals surface area contributed by atoms with Crippen molar-refractivity contribution in [1.29, 1.82) is 0 Å². The minimum absolute atomic E-state index is 0.140. The van der Waals surface area contributed by atoms with E-state index in [2.05, 4.69) is 25.9 Å². The Morgan fingerprint density at radius 2 is 2.00 bits per heavy atom. The van der Waals surface area contributed by atoms with Gasteiger partial charge < -0.3 is 15.4 Å². The largest absolute Gasteiger partial charge is 0.374 e. The van der Waals surface area contributed by atoms with Crippen molar-refractivity contribution >= 4 is 0 Å². The van der Waals surface area contributed by atoms with Gasteiger partial charge in [0.2, 0.25) is 0 Å². The van der Waals surface area contributed by atoms with Crippen molar-refractivity contribution in [1.82, 2.24) is 4.90 Å². The Kier molecular flexibility index (Phi) is 5.46. The fourth-order valence-electron chi connectivity index (χ4n) is 1.04. The molecule has 0 aromatic rings. The van der Waals surface area contributed by atoms with Crippen LogP contribution in [-0.4, -0.2) is 44.3 Å². The van der Waals surface area contributed by atoms with Gasteiger partial charge in [-0.3, -0.25) is 0 Å². The molecule has 74 valence electrons. The number of hydrogen-bond donors (Lipinski definition) is 1. The first-order chi connectivity index (χ1) is 5.54. The highest BCUT2D eigenvalue weighted by Gasteiger charge is 2.21. The average molecular weight is 174 g/mol. The molecule has 0 amide bonds. The lowest BCUT2D eigenvalue weighted by Gasteiger charge is -2.29. The van der Waals surface area contributed by atoms with E-state index in [0.29, 0.717) is 6.54 Å². The van der Waals surface area contributed by atoms with E-state index >= 15 is 0 Å². The summed E-state index contributed by atoms with van der Waals surface area (Å²) in [5.41, 5.74) is 5.50. The molecular weight excluding hydrogens is 152 g/mol. The average Bonchev–Trinajstić information content (AvgIpc) is 2.02. The van der Waals surface area contributed by atoms with Crippen molar-refractivity contribution in [2.24, 2.45) is 5.73 Å². The third-order valence-electron chi connectivity index (χ3n) is 2.01. The van der Waals surface area contributed by atoms with E-state index in [1.54, 1.807) is 0 Å². The van der Waals surface area contributed by atoms with Crippen LogP contribution in [0.3, 0.4) is 0 Å². The fourth-order valence-corrected chi connectivity index (χ4v) is 1.04. The van der Waals surface area contributed by atoms with E-state index in [0.717, 1.165) is 19.6 Å². The number of ether oxygens (including phenoxy) is 1. The first-order valence-corrected chi connectivity index (χ1v) is 4.53. The number of nitrogens with two attached hydrogens (primary N) is 1. The van der Waals surface area contributed by atoms with Gasteiger partial charge in [0, 0.05) is 19.7 Å². The van der Waals surface area contributed by atoms with Crippen LogP contribution in [0.4, 0.5) is 0 Å². The van der Waals surface area contributed by atoms with Crippen LogP contribution in [0.25, 0.3) is 0 Å². The molecule has 0 aliphatic rings. The highest BCUT2D eigenvalue weighted by atomic mass is 16.5. The molecule has 1 unspecified atom stereocenters. The van der Waals surface area contributed by atoms with Crippen molar-refractivity contribution in [3.63, 3.8) is 0 Å². The molecule has 0 heterocycles. The van der Waals surface area contributed by atoms with E-state index in [4.69, 9.17) is 10.5 Å². The summed E-state index contributed by atoms with van der Waals surface area (Å²) in [6, 6.07) is 0. The minimum Gasteiger partial charge on any atom is -0.374 e. The predicted molar refractivity (Wildman–Crippen MR) is 52.3 cm³/mol. The Balaban J connectivity index is 3.78. The Morgan fingerprint density at radius 3 is 2.33 bits per heavy atom. The first kappa shape index (κ1) is 11.9. The topological polar surface area (TPSA) is 38.5 Å². The lowest BCUT2D eigenvalue weighted by atomic mass is 10.0. The van der Waals surface area contributed by atoms with Gasteiger partial charge in [-0.1, -0.05) is 0 Å². The second-order valence-corrected chi connectivity index (χ2v) is 3.64. The van der Waals surface area contributed by atoms with Gasteiger partial charge in [-0.25, -0.2) is 0 Å². The lowest BCUT2D eigenvalue weighted by Crippen LogP contribution is -2.40. The zero-order valence-electron chi connectivity index (χ0n) is 8.76. The van der Waals surface area contributed by atoms with Gasteiger partial charge >= 0.3 is 0 Å². The van der Waals surface area contributed by atoms with Gasteiger partial charge in [0.05, 0.1) is 5.60 Å². The molecule has 12 heavy (non-hydrogen) atoms. The summed E-state index contributed by atoms with van der Waals surface area (Å²) in [5.74, 6) is 0. The summed E-state index contributed by atoms with van der Waals surface area (Å²) < 4.78 is 5.58. The fraction of sp³-hybridized carbons (Fsp3) is 1.00. The summed E-state index contributed by atoms with van der Waals surface area (Å²) in [4.78, 5) is 2.15. The van der Waals surface area contributed by atoms with Crippen LogP contribution in [0, 0.1) is 0 Å². The molecular formula is C9H22N2O. The summed E-state index contributed by atoms with van der Waals surface area (Å²) in [5, 5.41) is 0. The third kappa shape index (κ3) is 4.70. The van der Waals surface area contributed by atoms with Crippen molar-refractivity contribution in [2.75, 3.05) is 33.8 Å². The molecule has 0 saturated heterocycles. The molecule has 0 aliphatic carbocycles. The zero-order valence-corrected chi connectivity index (χ0v) is 8.76. The van der Waals surface area contributed by atoms with E-state index in [1.165, 1.54) is 0 Å². The van der Waals surface area contributed by atoms with E-state index in [1.807, 2.05) is 6.92 Å². The van der Waals surface area contributed by atoms with Crippen molar-refractivity contribution in [3.8, 4) is 0 Å². The normalized spacial score (nSPS) is 16.5. The van der Waals surface area contributed by atoms with E-state index in [-0.39, 0.29) is 5.60 Å². The Bertz CT molecular complexity index is 117. The minimum atomic E-state index is -0.140. The first-order valence-electron chi connectivity index (χ1n) is 4.53.